The second-order valence-electron chi connectivity index (χ2n) is 14.5. The summed E-state index contributed by atoms with van der Waals surface area (Å²) in [7, 11) is 0. The number of nitrogens with zero attached hydrogens (tertiary/aromatic N) is 5. The summed E-state index contributed by atoms with van der Waals surface area (Å²) in [6, 6.07) is 8.27. The molecule has 16 nitrogen and oxygen atoms in total. The molecule has 7 rings (SSSR count). The van der Waals surface area contributed by atoms with Gasteiger partial charge >= 0.3 is 0 Å². The number of aromatic nitrogens is 3. The van der Waals surface area contributed by atoms with Crippen molar-refractivity contribution in [3.05, 3.63) is 87.5 Å². The smallest absolute Gasteiger partial charge is 0.264 e. The molecule has 0 aliphatic carbocycles. The summed E-state index contributed by atoms with van der Waals surface area (Å²) in [6.45, 7) is 4.31. The fourth-order valence-corrected chi connectivity index (χ4v) is 8.18. The average molecular weight is 866 g/mol. The van der Waals surface area contributed by atoms with Gasteiger partial charge in [-0.05, 0) is 56.5 Å². The van der Waals surface area contributed by atoms with Gasteiger partial charge in [0.05, 0.1) is 61.2 Å². The van der Waals surface area contributed by atoms with Crippen LogP contribution in [-0.4, -0.2) is 106 Å². The lowest BCUT2D eigenvalue weighted by Gasteiger charge is -2.32. The van der Waals surface area contributed by atoms with Gasteiger partial charge in [-0.15, -0.1) is 0 Å². The van der Waals surface area contributed by atoms with E-state index in [4.69, 9.17) is 43.1 Å². The van der Waals surface area contributed by atoms with Crippen LogP contribution < -0.4 is 21.1 Å². The molecule has 0 bridgehead atoms. The quantitative estimate of drug-likeness (QED) is 0.0756. The largest absolute Gasteiger partial charge is 0.482 e. The van der Waals surface area contributed by atoms with Crippen molar-refractivity contribution in [3.63, 3.8) is 0 Å². The molecule has 2 fully saturated rings. The lowest BCUT2D eigenvalue weighted by atomic mass is 10.0. The molecule has 2 aromatic carbocycles. The molecule has 0 spiro atoms. The number of likely N-dealkylation sites (tertiary alicyclic amines) is 1. The summed E-state index contributed by atoms with van der Waals surface area (Å²) in [5, 5.41) is 10.1. The minimum atomic E-state index is -1.04. The molecule has 316 valence electrons. The number of imide groups is 2. The minimum absolute atomic E-state index is 0.00911. The highest BCUT2D eigenvalue weighted by molar-refractivity contribution is 6.36. The number of hydrogen-bond acceptors (Lipinski definition) is 12. The Balaban J connectivity index is 0.793. The number of benzene rings is 2. The second kappa shape index (κ2) is 18.8. The molecule has 2 atom stereocenters. The number of hydrogen-bond donors (Lipinski definition) is 3. The van der Waals surface area contributed by atoms with Crippen molar-refractivity contribution in [2.45, 2.75) is 57.2 Å². The zero-order valence-corrected chi connectivity index (χ0v) is 34.1. The highest BCUT2D eigenvalue weighted by Crippen LogP contribution is 2.37. The Hall–Kier alpha value is -5.62. The Bertz CT molecular complexity index is 2300. The minimum Gasteiger partial charge on any atom is -0.482 e. The van der Waals surface area contributed by atoms with E-state index in [-0.39, 0.29) is 83.8 Å². The number of nitrogens with one attached hydrogen (secondary N) is 2. The van der Waals surface area contributed by atoms with Crippen LogP contribution in [0.25, 0.3) is 11.1 Å². The van der Waals surface area contributed by atoms with Gasteiger partial charge in [0.1, 0.15) is 18.0 Å². The molecule has 4 N–H and O–H groups in total. The summed E-state index contributed by atoms with van der Waals surface area (Å²) in [5.41, 5.74) is 8.76. The number of rotatable bonds is 16. The maximum absolute atomic E-state index is 14.1. The monoisotopic (exact) mass is 864 g/mol. The lowest BCUT2D eigenvalue weighted by Crippen LogP contribution is -2.54. The van der Waals surface area contributed by atoms with Crippen molar-refractivity contribution in [3.8, 4) is 16.9 Å². The van der Waals surface area contributed by atoms with Crippen LogP contribution in [0.15, 0.2) is 55.0 Å². The van der Waals surface area contributed by atoms with Crippen molar-refractivity contribution in [2.24, 2.45) is 0 Å². The van der Waals surface area contributed by atoms with Gasteiger partial charge in [-0.1, -0.05) is 29.3 Å². The number of ether oxygens (including phenoxy) is 3. The maximum atomic E-state index is 14.1. The van der Waals surface area contributed by atoms with Crippen LogP contribution in [0, 0.1) is 5.82 Å². The summed E-state index contributed by atoms with van der Waals surface area (Å²) >= 11 is 12.5. The van der Waals surface area contributed by atoms with Crippen LogP contribution in [-0.2, 0) is 23.9 Å². The van der Waals surface area contributed by atoms with E-state index in [9.17, 15) is 28.4 Å². The molecule has 0 radical (unpaired) electrons. The van der Waals surface area contributed by atoms with E-state index >= 15 is 0 Å². The van der Waals surface area contributed by atoms with E-state index in [1.165, 1.54) is 18.2 Å². The Morgan fingerprint density at radius 3 is 2.53 bits per heavy atom. The molecule has 4 aromatic rings. The van der Waals surface area contributed by atoms with Gasteiger partial charge in [0.15, 0.2) is 11.6 Å². The number of amides is 5. The zero-order valence-electron chi connectivity index (χ0n) is 32.6. The normalized spacial score (nSPS) is 17.5. The summed E-state index contributed by atoms with van der Waals surface area (Å²) in [5.74, 6) is -2.41. The predicted octanol–water partition coefficient (Wildman–Crippen LogP) is 5.21. The Kier molecular flexibility index (Phi) is 13.3. The fraction of sp³-hybridized carbons (Fsp3) is 0.390. The number of nitrogen functional groups attached to an aromatic ring is 1. The van der Waals surface area contributed by atoms with E-state index in [1.54, 1.807) is 37.5 Å². The first kappa shape index (κ1) is 42.5. The van der Waals surface area contributed by atoms with Crippen molar-refractivity contribution in [2.75, 3.05) is 57.1 Å². The first-order chi connectivity index (χ1) is 28.9. The fourth-order valence-electron chi connectivity index (χ4n) is 7.50. The van der Waals surface area contributed by atoms with E-state index in [1.807, 2.05) is 15.8 Å². The van der Waals surface area contributed by atoms with Gasteiger partial charge in [0.2, 0.25) is 17.7 Å². The highest BCUT2D eigenvalue weighted by Gasteiger charge is 2.45. The number of nitrogens with two attached hydrogens (primary N) is 1. The zero-order chi connectivity index (χ0) is 42.5. The number of fused-ring (bicyclic) bond motifs is 1. The molecular formula is C41H43Cl2FN8O8. The predicted molar refractivity (Wildman–Crippen MR) is 218 cm³/mol. The topological polar surface area (TPSA) is 200 Å². The van der Waals surface area contributed by atoms with Crippen molar-refractivity contribution in [1.29, 1.82) is 0 Å². The average Bonchev–Trinajstić information content (AvgIpc) is 3.83. The van der Waals surface area contributed by atoms with Crippen LogP contribution in [0.5, 0.6) is 5.75 Å². The number of piperidine rings is 2. The third kappa shape index (κ3) is 9.23. The Labute approximate surface area is 354 Å². The lowest BCUT2D eigenvalue weighted by molar-refractivity contribution is -0.136. The molecule has 3 aliphatic heterocycles. The molecule has 3 aliphatic rings. The van der Waals surface area contributed by atoms with Gasteiger partial charge in [0, 0.05) is 65.8 Å². The number of pyridine rings is 1. The van der Waals surface area contributed by atoms with E-state index in [2.05, 4.69) is 20.7 Å². The van der Waals surface area contributed by atoms with Gasteiger partial charge in [-0.2, -0.15) is 5.10 Å². The van der Waals surface area contributed by atoms with Gasteiger partial charge < -0.3 is 30.2 Å². The molecule has 5 heterocycles. The van der Waals surface area contributed by atoms with Gasteiger partial charge in [0.25, 0.3) is 11.8 Å². The number of carbonyl (C=O) groups excluding carboxylic acids is 5. The Morgan fingerprint density at radius 1 is 1.00 bits per heavy atom. The van der Waals surface area contributed by atoms with Crippen molar-refractivity contribution in [1.82, 2.24) is 29.9 Å². The Morgan fingerprint density at radius 2 is 1.77 bits per heavy atom. The molecule has 5 amide bonds. The van der Waals surface area contributed by atoms with Crippen molar-refractivity contribution >= 4 is 64.2 Å². The van der Waals surface area contributed by atoms with Crippen LogP contribution in [0.2, 0.25) is 10.0 Å². The number of carbonyl (C=O) groups is 5. The molecule has 2 saturated heterocycles. The van der Waals surface area contributed by atoms with E-state index in [0.717, 1.165) is 28.9 Å². The van der Waals surface area contributed by atoms with Crippen molar-refractivity contribution < 1.29 is 42.6 Å². The standard InChI is InChI=1S/C41H43Cl2FN8O8/c1-23(35-28(42)5-6-29(44)37(35)43)60-32-19-24(20-47-38(32)45)25-21-48-51(22-25)26-9-13-50(14-10-26)34(54)11-15-58-17-18-59-16-12-46-30-4-2-3-27-36(30)41(57)52(40(27)56)31-7-8-33(53)49-39(31)55/h2-6,19-23,26,31,46H,7-18H2,1H3,(H2,45,47)(H,49,53,55)/t23-,31?/m1/s1. The molecule has 60 heavy (non-hydrogen) atoms. The summed E-state index contributed by atoms with van der Waals surface area (Å²) in [6.07, 6.45) is 6.38. The van der Waals surface area contributed by atoms with Gasteiger partial charge in [-0.3, -0.25) is 38.9 Å². The van der Waals surface area contributed by atoms with Crippen LogP contribution in [0.1, 0.15) is 77.5 Å². The third-order valence-corrected chi connectivity index (χ3v) is 11.4. The first-order valence-corrected chi connectivity index (χ1v) is 20.3. The van der Waals surface area contributed by atoms with E-state index < -0.39 is 41.6 Å². The molecular weight excluding hydrogens is 822 g/mol. The molecule has 19 heteroatoms. The van der Waals surface area contributed by atoms with Crippen LogP contribution >= 0.6 is 23.2 Å². The molecule has 2 aromatic heterocycles. The first-order valence-electron chi connectivity index (χ1n) is 19.5. The van der Waals surface area contributed by atoms with Crippen LogP contribution in [0.4, 0.5) is 15.9 Å². The molecule has 0 saturated carbocycles. The second-order valence-corrected chi connectivity index (χ2v) is 15.3. The number of halogens is 3. The van der Waals surface area contributed by atoms with Gasteiger partial charge in [-0.25, -0.2) is 9.37 Å². The third-order valence-electron chi connectivity index (χ3n) is 10.7. The maximum Gasteiger partial charge on any atom is 0.264 e. The summed E-state index contributed by atoms with van der Waals surface area (Å²) in [4.78, 5) is 70.2. The SMILES string of the molecule is C[C@@H](Oc1cc(-c2cnn(C3CCN(C(=O)CCOCCOCCNc4cccc5c4C(=O)N(C4CCC(=O)NC4=O)C5=O)CC3)c2)cnc1N)c1c(Cl)ccc(F)c1Cl. The highest BCUT2D eigenvalue weighted by atomic mass is 35.5. The summed E-state index contributed by atoms with van der Waals surface area (Å²) < 4.78 is 33.4. The van der Waals surface area contributed by atoms with Crippen LogP contribution in [0.3, 0.4) is 0 Å². The number of anilines is 2. The molecule has 1 unspecified atom stereocenters. The van der Waals surface area contributed by atoms with E-state index in [0.29, 0.717) is 37.5 Å².